The lowest BCUT2D eigenvalue weighted by molar-refractivity contribution is -0.379. The van der Waals surface area contributed by atoms with Gasteiger partial charge in [0.2, 0.25) is 5.91 Å². The van der Waals surface area contributed by atoms with Crippen LogP contribution in [0.25, 0.3) is 0 Å². The minimum absolute atomic E-state index is 0.218. The van der Waals surface area contributed by atoms with Crippen molar-refractivity contribution in [2.45, 2.75) is 304 Å². The molecule has 3 fully saturated rings. The summed E-state index contributed by atoms with van der Waals surface area (Å²) >= 11 is 0. The molecule has 0 spiro atoms. The number of carbonyl (C=O) groups is 1. The lowest BCUT2D eigenvalue weighted by Crippen LogP contribution is -2.66. The normalized spacial score (nSPS) is 30.3. The van der Waals surface area contributed by atoms with E-state index in [1.54, 1.807) is 6.08 Å². The third-order valence-electron chi connectivity index (χ3n) is 15.3. The van der Waals surface area contributed by atoms with Gasteiger partial charge >= 0.3 is 0 Å². The molecular weight excluding hydrogens is 1030 g/mol. The van der Waals surface area contributed by atoms with Gasteiger partial charge in [-0.15, -0.1) is 0 Å². The standard InChI is InChI=1S/C61H109NO18/c1-3-5-7-9-11-13-15-17-18-19-20-21-22-23-24-25-27-28-30-32-34-36-38-45(66)44(62-49(67)39-37-35-33-31-29-26-16-14-12-10-8-6-4-2)43-75-59-55(73)52(70)57(47(41-64)77-59)80-61-56(74)53(71)58(48(42-65)78-61)79-60-54(72)51(69)50(68)46(40-63)76-60/h8,10,14,16,28,30,36,38,44-48,50-61,63-66,68-74H,3-7,9,11-13,15,17-27,29,31-35,37,39-43H2,1-2H3,(H,62,67)/b10-8-,16-14-,30-28+,38-36+. The van der Waals surface area contributed by atoms with Crippen LogP contribution < -0.4 is 5.32 Å². The maximum absolute atomic E-state index is 13.3. The van der Waals surface area contributed by atoms with Crippen molar-refractivity contribution in [3.63, 3.8) is 0 Å². The van der Waals surface area contributed by atoms with Crippen LogP contribution >= 0.6 is 0 Å². The summed E-state index contributed by atoms with van der Waals surface area (Å²) in [5.74, 6) is -0.302. The van der Waals surface area contributed by atoms with Gasteiger partial charge in [0.1, 0.15) is 73.2 Å². The second-order valence-electron chi connectivity index (χ2n) is 22.2. The number of aliphatic hydroxyl groups excluding tert-OH is 11. The molecule has 3 rings (SSSR count). The lowest BCUT2D eigenvalue weighted by Gasteiger charge is -2.48. The first-order valence-corrected chi connectivity index (χ1v) is 30.9. The molecule has 0 bridgehead atoms. The Bertz CT molecular complexity index is 1650. The number of carbonyl (C=O) groups excluding carboxylic acids is 1. The summed E-state index contributed by atoms with van der Waals surface area (Å²) in [6.07, 6.45) is 22.5. The van der Waals surface area contributed by atoms with Crippen LogP contribution in [-0.2, 0) is 33.2 Å². The monoisotopic (exact) mass is 1140 g/mol. The number of rotatable bonds is 45. The number of hydrogen-bond acceptors (Lipinski definition) is 18. The lowest BCUT2D eigenvalue weighted by atomic mass is 9.96. The summed E-state index contributed by atoms with van der Waals surface area (Å²) in [7, 11) is 0. The van der Waals surface area contributed by atoms with Crippen molar-refractivity contribution in [3.8, 4) is 0 Å². The Kier molecular flexibility index (Phi) is 39.8. The second-order valence-corrected chi connectivity index (χ2v) is 22.2. The predicted molar refractivity (Wildman–Crippen MR) is 305 cm³/mol. The third-order valence-corrected chi connectivity index (χ3v) is 15.3. The molecule has 0 saturated carbocycles. The quantitative estimate of drug-likeness (QED) is 0.0250. The van der Waals surface area contributed by atoms with Gasteiger partial charge < -0.3 is 89.9 Å². The van der Waals surface area contributed by atoms with E-state index in [1.165, 1.54) is 96.3 Å². The Morgan fingerprint density at radius 2 is 0.863 bits per heavy atom. The van der Waals surface area contributed by atoms with Gasteiger partial charge in [0, 0.05) is 6.42 Å². The van der Waals surface area contributed by atoms with Crippen molar-refractivity contribution in [1.82, 2.24) is 5.32 Å². The van der Waals surface area contributed by atoms with Gasteiger partial charge in [-0.05, 0) is 57.8 Å². The summed E-state index contributed by atoms with van der Waals surface area (Å²) in [6.45, 7) is 1.62. The minimum Gasteiger partial charge on any atom is -0.394 e. The first-order valence-electron chi connectivity index (χ1n) is 30.9. The zero-order chi connectivity index (χ0) is 58.3. The zero-order valence-corrected chi connectivity index (χ0v) is 48.5. The van der Waals surface area contributed by atoms with Crippen LogP contribution in [0.3, 0.4) is 0 Å². The van der Waals surface area contributed by atoms with Gasteiger partial charge in [0.15, 0.2) is 18.9 Å². The van der Waals surface area contributed by atoms with Crippen molar-refractivity contribution in [2.75, 3.05) is 26.4 Å². The largest absolute Gasteiger partial charge is 0.394 e. The molecule has 17 unspecified atom stereocenters. The highest BCUT2D eigenvalue weighted by atomic mass is 16.8. The van der Waals surface area contributed by atoms with Gasteiger partial charge in [0.05, 0.1) is 38.6 Å². The van der Waals surface area contributed by atoms with Crippen LogP contribution in [-0.4, -0.2) is 193 Å². The molecule has 17 atom stereocenters. The van der Waals surface area contributed by atoms with E-state index in [2.05, 4.69) is 55.6 Å². The molecular formula is C61H109NO18. The Morgan fingerprint density at radius 1 is 0.450 bits per heavy atom. The Labute approximate surface area is 478 Å². The van der Waals surface area contributed by atoms with Crippen LogP contribution in [0.15, 0.2) is 48.6 Å². The van der Waals surface area contributed by atoms with Crippen LogP contribution in [0, 0.1) is 0 Å². The molecule has 0 aromatic rings. The van der Waals surface area contributed by atoms with E-state index in [1.807, 2.05) is 6.08 Å². The number of nitrogens with one attached hydrogen (secondary N) is 1. The van der Waals surface area contributed by atoms with Crippen molar-refractivity contribution >= 4 is 5.91 Å². The fourth-order valence-electron chi connectivity index (χ4n) is 10.2. The first kappa shape index (κ1) is 72.0. The molecule has 3 aliphatic heterocycles. The van der Waals surface area contributed by atoms with Crippen LogP contribution in [0.5, 0.6) is 0 Å². The smallest absolute Gasteiger partial charge is 0.220 e. The number of unbranched alkanes of at least 4 members (excludes halogenated alkanes) is 23. The molecule has 0 aromatic heterocycles. The topological polar surface area (TPSA) is 307 Å². The molecule has 3 heterocycles. The number of amides is 1. The summed E-state index contributed by atoms with van der Waals surface area (Å²) in [6, 6.07) is -0.997. The molecule has 3 saturated heterocycles. The van der Waals surface area contributed by atoms with Gasteiger partial charge in [-0.25, -0.2) is 0 Å². The molecule has 12 N–H and O–H groups in total. The van der Waals surface area contributed by atoms with E-state index in [0.717, 1.165) is 70.6 Å². The molecule has 0 aliphatic carbocycles. The highest BCUT2D eigenvalue weighted by Gasteiger charge is 2.53. The minimum atomic E-state index is -1.98. The predicted octanol–water partition coefficient (Wildman–Crippen LogP) is 5.87. The SMILES string of the molecule is CCC/C=C\C/C=C\CCCCCCCC(=O)NC(COC1OC(CO)C(OC2OC(CO)C(OC3OC(CO)C(O)C(O)C3O)C(O)C2O)C(O)C1O)C(O)/C=C/CC/C=C/CCCCCCCCCCCCCCCCCC. The zero-order valence-electron chi connectivity index (χ0n) is 48.5. The molecule has 466 valence electrons. The van der Waals surface area contributed by atoms with E-state index in [-0.39, 0.29) is 18.9 Å². The Balaban J connectivity index is 1.50. The maximum atomic E-state index is 13.3. The molecule has 0 aromatic carbocycles. The average Bonchev–Trinajstić information content (AvgIpc) is 3.46. The van der Waals surface area contributed by atoms with Gasteiger partial charge in [-0.2, -0.15) is 0 Å². The third kappa shape index (κ3) is 27.6. The summed E-state index contributed by atoms with van der Waals surface area (Å²) in [5.41, 5.74) is 0. The summed E-state index contributed by atoms with van der Waals surface area (Å²) in [4.78, 5) is 13.3. The molecule has 0 radical (unpaired) electrons. The van der Waals surface area contributed by atoms with Gasteiger partial charge in [-0.1, -0.05) is 184 Å². The summed E-state index contributed by atoms with van der Waals surface area (Å²) in [5, 5.41) is 120. The maximum Gasteiger partial charge on any atom is 0.220 e. The van der Waals surface area contributed by atoms with Crippen molar-refractivity contribution < 1.29 is 89.4 Å². The van der Waals surface area contributed by atoms with Crippen LogP contribution in [0.2, 0.25) is 0 Å². The summed E-state index contributed by atoms with van der Waals surface area (Å²) < 4.78 is 34.2. The second kappa shape index (κ2) is 44.3. The van der Waals surface area contributed by atoms with Crippen molar-refractivity contribution in [3.05, 3.63) is 48.6 Å². The molecule has 19 heteroatoms. The average molecular weight is 1140 g/mol. The molecule has 1 amide bonds. The van der Waals surface area contributed by atoms with Crippen molar-refractivity contribution in [2.24, 2.45) is 0 Å². The Hall–Kier alpha value is -2.25. The highest BCUT2D eigenvalue weighted by Crippen LogP contribution is 2.33. The van der Waals surface area contributed by atoms with E-state index < -0.39 is 124 Å². The van der Waals surface area contributed by atoms with Gasteiger partial charge in [0.25, 0.3) is 0 Å². The Morgan fingerprint density at radius 3 is 1.38 bits per heavy atom. The van der Waals surface area contributed by atoms with Gasteiger partial charge in [-0.3, -0.25) is 4.79 Å². The van der Waals surface area contributed by atoms with E-state index >= 15 is 0 Å². The van der Waals surface area contributed by atoms with E-state index in [9.17, 15) is 61.0 Å². The van der Waals surface area contributed by atoms with E-state index in [0.29, 0.717) is 12.8 Å². The molecule has 19 nitrogen and oxygen atoms in total. The van der Waals surface area contributed by atoms with Crippen molar-refractivity contribution in [1.29, 1.82) is 0 Å². The van der Waals surface area contributed by atoms with Crippen LogP contribution in [0.1, 0.15) is 200 Å². The highest BCUT2D eigenvalue weighted by molar-refractivity contribution is 5.76. The van der Waals surface area contributed by atoms with Crippen LogP contribution in [0.4, 0.5) is 0 Å². The molecule has 80 heavy (non-hydrogen) atoms. The number of ether oxygens (including phenoxy) is 6. The fraction of sp³-hybridized carbons (Fsp3) is 0.852. The number of aliphatic hydroxyl groups is 11. The molecule has 3 aliphatic rings. The first-order chi connectivity index (χ1) is 38.8. The van der Waals surface area contributed by atoms with E-state index in [4.69, 9.17) is 28.4 Å². The number of hydrogen-bond donors (Lipinski definition) is 12. The fourth-order valence-corrected chi connectivity index (χ4v) is 10.2. The number of allylic oxidation sites excluding steroid dienone is 7.